The lowest BCUT2D eigenvalue weighted by molar-refractivity contribution is -0.118. The van der Waals surface area contributed by atoms with E-state index in [-0.39, 0.29) is 11.7 Å². The smallest absolute Gasteiger partial charge is 0.226 e. The van der Waals surface area contributed by atoms with Crippen LogP contribution in [0.5, 0.6) is 0 Å². The second kappa shape index (κ2) is 7.85. The first-order chi connectivity index (χ1) is 8.77. The maximum absolute atomic E-state index is 12.8. The number of hydrogen-bond acceptors (Lipinski definition) is 1. The molecule has 1 amide bonds. The molecule has 0 spiro atoms. The summed E-state index contributed by atoms with van der Waals surface area (Å²) in [5.74, 6) is -0.102. The molecule has 100 valence electrons. The van der Waals surface area contributed by atoms with Gasteiger partial charge >= 0.3 is 0 Å². The van der Waals surface area contributed by atoms with Gasteiger partial charge in [-0.15, -0.1) is 0 Å². The van der Waals surface area contributed by atoms with Crippen LogP contribution in [0.3, 0.4) is 0 Å². The van der Waals surface area contributed by atoms with E-state index in [9.17, 15) is 9.18 Å². The largest absolute Gasteiger partial charge is 0.312 e. The van der Waals surface area contributed by atoms with Crippen LogP contribution in [0.15, 0.2) is 24.3 Å². The van der Waals surface area contributed by atoms with Crippen LogP contribution in [0.25, 0.3) is 0 Å². The fourth-order valence-electron chi connectivity index (χ4n) is 2.05. The molecule has 1 aliphatic heterocycles. The third-order valence-electron chi connectivity index (χ3n) is 2.96. The van der Waals surface area contributed by atoms with Crippen LogP contribution in [0.2, 0.25) is 0 Å². The van der Waals surface area contributed by atoms with E-state index in [4.69, 9.17) is 0 Å². The fourth-order valence-corrected chi connectivity index (χ4v) is 2.05. The summed E-state index contributed by atoms with van der Waals surface area (Å²) in [6, 6.07) is 6.16. The summed E-state index contributed by atoms with van der Waals surface area (Å²) < 4.78 is 12.8. The molecule has 0 N–H and O–H groups in total. The van der Waals surface area contributed by atoms with E-state index in [2.05, 4.69) is 0 Å². The Bertz CT molecular complexity index is 361. The molecule has 1 aliphatic rings. The molecule has 0 aromatic heterocycles. The molecule has 0 atom stereocenters. The third kappa shape index (κ3) is 4.13. The Morgan fingerprint density at radius 3 is 2.28 bits per heavy atom. The summed E-state index contributed by atoms with van der Waals surface area (Å²) in [6.45, 7) is 4.75. The molecule has 1 saturated heterocycles. The Labute approximate surface area is 109 Å². The highest BCUT2D eigenvalue weighted by Crippen LogP contribution is 2.20. The number of carbonyl (C=O) groups excluding carboxylic acids is 1. The summed E-state index contributed by atoms with van der Waals surface area (Å²) in [5, 5.41) is 0. The Morgan fingerprint density at radius 2 is 1.61 bits per heavy atom. The number of nitrogens with zero attached hydrogens (tertiary/aromatic N) is 1. The zero-order valence-electron chi connectivity index (χ0n) is 11.3. The van der Waals surface area contributed by atoms with Gasteiger partial charge in [-0.2, -0.15) is 0 Å². The number of anilines is 1. The van der Waals surface area contributed by atoms with E-state index in [0.717, 1.165) is 31.5 Å². The molecule has 18 heavy (non-hydrogen) atoms. The molecule has 2 rings (SSSR count). The van der Waals surface area contributed by atoms with Gasteiger partial charge in [0, 0.05) is 18.7 Å². The summed E-state index contributed by atoms with van der Waals surface area (Å²) in [5.41, 5.74) is 0.813. The van der Waals surface area contributed by atoms with Crippen LogP contribution < -0.4 is 4.90 Å². The molecule has 0 radical (unpaired) electrons. The van der Waals surface area contributed by atoms with Crippen LogP contribution >= 0.6 is 0 Å². The zero-order chi connectivity index (χ0) is 13.4. The van der Waals surface area contributed by atoms with Gasteiger partial charge in [0.25, 0.3) is 0 Å². The lowest BCUT2D eigenvalue weighted by atomic mass is 10.1. The second-order valence-electron chi connectivity index (χ2n) is 4.19. The van der Waals surface area contributed by atoms with Crippen molar-refractivity contribution < 1.29 is 9.18 Å². The molecular formula is C15H22FNO. The van der Waals surface area contributed by atoms with Gasteiger partial charge in [-0.1, -0.05) is 26.7 Å². The first kappa shape index (κ1) is 14.7. The van der Waals surface area contributed by atoms with Gasteiger partial charge in [0.05, 0.1) is 0 Å². The van der Waals surface area contributed by atoms with Gasteiger partial charge < -0.3 is 4.90 Å². The van der Waals surface area contributed by atoms with Crippen LogP contribution in [0.1, 0.15) is 46.0 Å². The number of amides is 1. The zero-order valence-corrected chi connectivity index (χ0v) is 11.3. The predicted molar refractivity (Wildman–Crippen MR) is 73.2 cm³/mol. The van der Waals surface area contributed by atoms with Gasteiger partial charge in [-0.3, -0.25) is 4.79 Å². The highest BCUT2D eigenvalue weighted by Gasteiger charge is 2.16. The van der Waals surface area contributed by atoms with Crippen LogP contribution in [0.4, 0.5) is 10.1 Å². The number of carbonyl (C=O) groups is 1. The van der Waals surface area contributed by atoms with E-state index in [1.807, 2.05) is 13.8 Å². The second-order valence-corrected chi connectivity index (χ2v) is 4.19. The van der Waals surface area contributed by atoms with E-state index < -0.39 is 0 Å². The molecule has 0 saturated carbocycles. The number of halogens is 1. The van der Waals surface area contributed by atoms with Crippen molar-refractivity contribution >= 4 is 11.6 Å². The fraction of sp³-hybridized carbons (Fsp3) is 0.533. The molecule has 1 aromatic carbocycles. The molecule has 2 nitrogen and oxygen atoms in total. The maximum Gasteiger partial charge on any atom is 0.226 e. The Balaban J connectivity index is 0.000000771. The number of hydrogen-bond donors (Lipinski definition) is 0. The first-order valence-corrected chi connectivity index (χ1v) is 6.83. The molecule has 0 bridgehead atoms. The monoisotopic (exact) mass is 251 g/mol. The van der Waals surface area contributed by atoms with Crippen molar-refractivity contribution in [1.82, 2.24) is 0 Å². The van der Waals surface area contributed by atoms with Crippen molar-refractivity contribution in [2.24, 2.45) is 0 Å². The first-order valence-electron chi connectivity index (χ1n) is 6.83. The van der Waals surface area contributed by atoms with Crippen molar-refractivity contribution in [3.05, 3.63) is 30.1 Å². The van der Waals surface area contributed by atoms with Gasteiger partial charge in [0.15, 0.2) is 0 Å². The van der Waals surface area contributed by atoms with E-state index in [0.29, 0.717) is 6.42 Å². The third-order valence-corrected chi connectivity index (χ3v) is 2.96. The Morgan fingerprint density at radius 1 is 1.00 bits per heavy atom. The van der Waals surface area contributed by atoms with Crippen molar-refractivity contribution in [3.8, 4) is 0 Å². The Kier molecular flexibility index (Phi) is 6.40. The molecule has 1 fully saturated rings. The molecule has 0 aliphatic carbocycles. The molecule has 0 unspecified atom stereocenters. The van der Waals surface area contributed by atoms with Gasteiger partial charge in [-0.25, -0.2) is 4.39 Å². The van der Waals surface area contributed by atoms with Crippen LogP contribution in [0, 0.1) is 5.82 Å². The van der Waals surface area contributed by atoms with E-state index in [1.54, 1.807) is 17.0 Å². The van der Waals surface area contributed by atoms with Gasteiger partial charge in [0.2, 0.25) is 5.91 Å². The Hall–Kier alpha value is -1.38. The average molecular weight is 251 g/mol. The van der Waals surface area contributed by atoms with Crippen LogP contribution in [-0.4, -0.2) is 12.5 Å². The minimum Gasteiger partial charge on any atom is -0.312 e. The quantitative estimate of drug-likeness (QED) is 0.734. The topological polar surface area (TPSA) is 20.3 Å². The minimum absolute atomic E-state index is 0.159. The van der Waals surface area contributed by atoms with Crippen LogP contribution in [-0.2, 0) is 4.79 Å². The normalized spacial score (nSPS) is 16.4. The summed E-state index contributed by atoms with van der Waals surface area (Å²) in [7, 11) is 0. The minimum atomic E-state index is -0.261. The highest BCUT2D eigenvalue weighted by atomic mass is 19.1. The van der Waals surface area contributed by atoms with Gasteiger partial charge in [0.1, 0.15) is 5.82 Å². The average Bonchev–Trinajstić information content (AvgIpc) is 2.39. The lowest BCUT2D eigenvalue weighted by Gasteiger charge is -2.24. The van der Waals surface area contributed by atoms with Gasteiger partial charge in [-0.05, 0) is 37.1 Å². The summed E-state index contributed by atoms with van der Waals surface area (Å²) in [4.78, 5) is 13.7. The number of rotatable bonds is 1. The molecule has 3 heteroatoms. The molecular weight excluding hydrogens is 229 g/mol. The van der Waals surface area contributed by atoms with E-state index >= 15 is 0 Å². The SMILES string of the molecule is CC.O=C1CCCCCCN1c1ccc(F)cc1. The summed E-state index contributed by atoms with van der Waals surface area (Å²) in [6.07, 6.45) is 4.92. The number of benzene rings is 1. The molecule has 1 aromatic rings. The highest BCUT2D eigenvalue weighted by molar-refractivity contribution is 5.93. The molecule has 1 heterocycles. The van der Waals surface area contributed by atoms with Crippen molar-refractivity contribution in [3.63, 3.8) is 0 Å². The van der Waals surface area contributed by atoms with E-state index in [1.165, 1.54) is 18.6 Å². The standard InChI is InChI=1S/C13H16FNO.C2H6/c14-11-6-8-12(9-7-11)15-10-4-2-1-3-5-13(15)16;1-2/h6-9H,1-5,10H2;1-2H3. The van der Waals surface area contributed by atoms with Crippen molar-refractivity contribution in [1.29, 1.82) is 0 Å². The van der Waals surface area contributed by atoms with Crippen molar-refractivity contribution in [2.75, 3.05) is 11.4 Å². The van der Waals surface area contributed by atoms with Crippen molar-refractivity contribution in [2.45, 2.75) is 46.0 Å². The predicted octanol–water partition coefficient (Wildman–Crippen LogP) is 4.15. The maximum atomic E-state index is 12.8. The lowest BCUT2D eigenvalue weighted by Crippen LogP contribution is -2.32. The summed E-state index contributed by atoms with van der Waals surface area (Å²) >= 11 is 0.